The van der Waals surface area contributed by atoms with Crippen molar-refractivity contribution in [3.8, 4) is 0 Å². The molecule has 0 saturated heterocycles. The first-order valence-corrected chi connectivity index (χ1v) is 9.92. The number of halogens is 1. The number of nitrogens with one attached hydrogen (secondary N) is 2. The van der Waals surface area contributed by atoms with Crippen LogP contribution in [-0.4, -0.2) is 54.9 Å². The van der Waals surface area contributed by atoms with Crippen LogP contribution in [0, 0.1) is 0 Å². The lowest BCUT2D eigenvalue weighted by molar-refractivity contribution is -0.140. The molecule has 0 fully saturated rings. The number of ether oxygens (including phenoxy) is 2. The normalized spacial score (nSPS) is 18.7. The largest absolute Gasteiger partial charge is 0.463 e. The minimum atomic E-state index is -0.824. The van der Waals surface area contributed by atoms with Crippen molar-refractivity contribution in [2.75, 3.05) is 20.3 Å². The highest BCUT2D eigenvalue weighted by atomic mass is 35.5. The zero-order valence-corrected chi connectivity index (χ0v) is 17.7. The summed E-state index contributed by atoms with van der Waals surface area (Å²) in [5.41, 5.74) is 0.878. The summed E-state index contributed by atoms with van der Waals surface area (Å²) in [4.78, 5) is 48.8. The Morgan fingerprint density at radius 2 is 1.87 bits per heavy atom. The summed E-state index contributed by atoms with van der Waals surface area (Å²) in [6.45, 7) is 1.39. The van der Waals surface area contributed by atoms with Gasteiger partial charge in [0.05, 0.1) is 23.9 Å². The quantitative estimate of drug-likeness (QED) is 0.637. The molecule has 2 heterocycles. The van der Waals surface area contributed by atoms with Gasteiger partial charge in [0.1, 0.15) is 12.3 Å². The third-order valence-corrected chi connectivity index (χ3v) is 4.89. The van der Waals surface area contributed by atoms with E-state index in [0.717, 1.165) is 5.01 Å². The van der Waals surface area contributed by atoms with Gasteiger partial charge in [-0.05, 0) is 24.6 Å². The molecule has 31 heavy (non-hydrogen) atoms. The molecule has 0 spiro atoms. The first kappa shape index (κ1) is 22.3. The van der Waals surface area contributed by atoms with Gasteiger partial charge in [-0.25, -0.2) is 19.4 Å². The fourth-order valence-electron chi connectivity index (χ4n) is 3.12. The molecule has 1 aromatic carbocycles. The van der Waals surface area contributed by atoms with Crippen LogP contribution in [0.4, 0.5) is 4.79 Å². The van der Waals surface area contributed by atoms with Crippen LogP contribution < -0.4 is 10.6 Å². The second kappa shape index (κ2) is 9.61. The lowest BCUT2D eigenvalue weighted by atomic mass is 9.95. The highest BCUT2D eigenvalue weighted by Gasteiger charge is 2.34. The van der Waals surface area contributed by atoms with Crippen molar-refractivity contribution in [1.29, 1.82) is 0 Å². The van der Waals surface area contributed by atoms with Crippen molar-refractivity contribution in [1.82, 2.24) is 15.6 Å². The number of amides is 3. The van der Waals surface area contributed by atoms with Crippen molar-refractivity contribution in [3.05, 3.63) is 46.1 Å². The molecular formula is C20H21ClN4O6. The van der Waals surface area contributed by atoms with E-state index in [1.807, 2.05) is 0 Å². The van der Waals surface area contributed by atoms with E-state index in [1.165, 1.54) is 7.05 Å². The molecule has 3 rings (SSSR count). The van der Waals surface area contributed by atoms with Crippen molar-refractivity contribution < 1.29 is 28.7 Å². The summed E-state index contributed by atoms with van der Waals surface area (Å²) in [6.07, 6.45) is 0.285. The molecule has 2 aliphatic heterocycles. The zero-order chi connectivity index (χ0) is 22.5. The van der Waals surface area contributed by atoms with Crippen LogP contribution in [-0.2, 0) is 23.9 Å². The monoisotopic (exact) mass is 448 g/mol. The van der Waals surface area contributed by atoms with Crippen molar-refractivity contribution in [2.45, 2.75) is 25.8 Å². The molecular weight excluding hydrogens is 428 g/mol. The fourth-order valence-corrected chi connectivity index (χ4v) is 3.25. The summed E-state index contributed by atoms with van der Waals surface area (Å²) in [5.74, 6) is -1.62. The SMILES string of the molecule is CCOC(=O)C1=C(COC(=O)C2=NN(C)C(=O)CC2)NC(=O)NC1c1ccc(Cl)cc1. The highest BCUT2D eigenvalue weighted by molar-refractivity contribution is 6.37. The van der Waals surface area contributed by atoms with Crippen molar-refractivity contribution in [2.24, 2.45) is 5.10 Å². The van der Waals surface area contributed by atoms with Crippen LogP contribution in [0.5, 0.6) is 0 Å². The molecule has 0 radical (unpaired) electrons. The van der Waals surface area contributed by atoms with Gasteiger partial charge < -0.3 is 20.1 Å². The number of hydrazone groups is 1. The van der Waals surface area contributed by atoms with E-state index in [2.05, 4.69) is 15.7 Å². The number of nitrogens with zero attached hydrogens (tertiary/aromatic N) is 2. The van der Waals surface area contributed by atoms with Crippen LogP contribution in [0.15, 0.2) is 40.6 Å². The lowest BCUT2D eigenvalue weighted by Crippen LogP contribution is -2.47. The standard InChI is InChI=1S/C20H21ClN4O6/c1-3-30-19(28)16-14(10-31-18(27)13-8-9-15(26)25(2)24-13)22-20(29)23-17(16)11-4-6-12(21)7-5-11/h4-7,17H,3,8-10H2,1-2H3,(H2,22,23,29). The Kier molecular flexibility index (Phi) is 6.91. The van der Waals surface area contributed by atoms with Gasteiger partial charge in [-0.2, -0.15) is 5.10 Å². The molecule has 1 unspecified atom stereocenters. The van der Waals surface area contributed by atoms with E-state index in [9.17, 15) is 19.2 Å². The molecule has 0 aromatic heterocycles. The number of hydrogen-bond donors (Lipinski definition) is 2. The minimum Gasteiger partial charge on any atom is -0.463 e. The molecule has 11 heteroatoms. The zero-order valence-electron chi connectivity index (χ0n) is 16.9. The average molecular weight is 449 g/mol. The third kappa shape index (κ3) is 5.21. The Hall–Kier alpha value is -3.40. The van der Waals surface area contributed by atoms with Gasteiger partial charge in [0.15, 0.2) is 0 Å². The van der Waals surface area contributed by atoms with Crippen molar-refractivity contribution >= 4 is 41.2 Å². The molecule has 10 nitrogen and oxygen atoms in total. The number of hydrogen-bond acceptors (Lipinski definition) is 7. The third-order valence-electron chi connectivity index (χ3n) is 4.64. The summed E-state index contributed by atoms with van der Waals surface area (Å²) >= 11 is 5.94. The Morgan fingerprint density at radius 1 is 1.16 bits per heavy atom. The van der Waals surface area contributed by atoms with Gasteiger partial charge in [-0.15, -0.1) is 0 Å². The molecule has 0 saturated carbocycles. The maximum absolute atomic E-state index is 12.7. The molecule has 2 aliphatic rings. The Balaban J connectivity index is 1.88. The number of esters is 2. The maximum Gasteiger partial charge on any atom is 0.354 e. The molecule has 0 bridgehead atoms. The first-order valence-electron chi connectivity index (χ1n) is 9.54. The molecule has 3 amide bonds. The summed E-state index contributed by atoms with van der Waals surface area (Å²) < 4.78 is 10.4. The summed E-state index contributed by atoms with van der Waals surface area (Å²) in [7, 11) is 1.44. The average Bonchev–Trinajstić information content (AvgIpc) is 2.74. The minimum absolute atomic E-state index is 0.0786. The van der Waals surface area contributed by atoms with Gasteiger partial charge in [0, 0.05) is 24.9 Å². The van der Waals surface area contributed by atoms with Crippen molar-refractivity contribution in [3.63, 3.8) is 0 Å². The Bertz CT molecular complexity index is 972. The van der Waals surface area contributed by atoms with Gasteiger partial charge >= 0.3 is 18.0 Å². The van der Waals surface area contributed by atoms with E-state index in [1.54, 1.807) is 31.2 Å². The second-order valence-electron chi connectivity index (χ2n) is 6.74. The predicted molar refractivity (Wildman–Crippen MR) is 110 cm³/mol. The Labute approximate surface area is 183 Å². The van der Waals surface area contributed by atoms with E-state index in [0.29, 0.717) is 10.6 Å². The number of carbonyl (C=O) groups is 4. The van der Waals surface area contributed by atoms with Crippen LogP contribution in [0.3, 0.4) is 0 Å². The highest BCUT2D eigenvalue weighted by Crippen LogP contribution is 2.29. The number of rotatable bonds is 6. The maximum atomic E-state index is 12.7. The van der Waals surface area contributed by atoms with Gasteiger partial charge in [0.2, 0.25) is 5.91 Å². The van der Waals surface area contributed by atoms with Crippen LogP contribution in [0.25, 0.3) is 0 Å². The van der Waals surface area contributed by atoms with Gasteiger partial charge in [-0.3, -0.25) is 4.79 Å². The second-order valence-corrected chi connectivity index (χ2v) is 7.17. The predicted octanol–water partition coefficient (Wildman–Crippen LogP) is 1.66. The summed E-state index contributed by atoms with van der Waals surface area (Å²) in [5, 5.41) is 10.7. The van der Waals surface area contributed by atoms with E-state index < -0.39 is 24.0 Å². The van der Waals surface area contributed by atoms with E-state index in [-0.39, 0.29) is 48.9 Å². The van der Waals surface area contributed by atoms with Gasteiger partial charge in [-0.1, -0.05) is 23.7 Å². The van der Waals surface area contributed by atoms with E-state index >= 15 is 0 Å². The molecule has 0 aliphatic carbocycles. The number of benzene rings is 1. The molecule has 1 atom stereocenters. The van der Waals surface area contributed by atoms with Crippen LogP contribution in [0.1, 0.15) is 31.4 Å². The van der Waals surface area contributed by atoms with E-state index in [4.69, 9.17) is 21.1 Å². The lowest BCUT2D eigenvalue weighted by Gasteiger charge is -2.29. The topological polar surface area (TPSA) is 126 Å². The fraction of sp³-hybridized carbons (Fsp3) is 0.350. The van der Waals surface area contributed by atoms with Crippen LogP contribution in [0.2, 0.25) is 5.02 Å². The Morgan fingerprint density at radius 3 is 2.52 bits per heavy atom. The smallest absolute Gasteiger partial charge is 0.354 e. The number of urea groups is 1. The number of carbonyl (C=O) groups excluding carboxylic acids is 4. The molecule has 2 N–H and O–H groups in total. The van der Waals surface area contributed by atoms with Gasteiger partial charge in [0.25, 0.3) is 0 Å². The van der Waals surface area contributed by atoms with Crippen LogP contribution >= 0.6 is 11.6 Å². The molecule has 164 valence electrons. The molecule has 1 aromatic rings. The first-order chi connectivity index (χ1) is 14.8. The summed E-state index contributed by atoms with van der Waals surface area (Å²) in [6, 6.07) is 5.21.